The average Bonchev–Trinajstić information content (AvgIpc) is 2.49. The zero-order chi connectivity index (χ0) is 15.1. The van der Waals surface area contributed by atoms with E-state index in [0.717, 1.165) is 17.8 Å². The van der Waals surface area contributed by atoms with Gasteiger partial charge in [0.25, 0.3) is 0 Å². The van der Waals surface area contributed by atoms with Crippen LogP contribution in [0.1, 0.15) is 23.6 Å². The quantitative estimate of drug-likeness (QED) is 0.459. The Morgan fingerprint density at radius 1 is 1.05 bits per heavy atom. The molecule has 2 aromatic carbocycles. The first-order valence-corrected chi connectivity index (χ1v) is 7.67. The molecule has 0 aliphatic rings. The maximum Gasteiger partial charge on any atom is 0.0588 e. The van der Waals surface area contributed by atoms with E-state index in [1.165, 1.54) is 16.4 Å². The molecule has 21 heavy (non-hydrogen) atoms. The van der Waals surface area contributed by atoms with E-state index < -0.39 is 0 Å². The van der Waals surface area contributed by atoms with Crippen molar-refractivity contribution in [1.29, 1.82) is 0 Å². The van der Waals surface area contributed by atoms with Crippen LogP contribution in [0.15, 0.2) is 58.5 Å². The monoisotopic (exact) mass is 296 g/mol. The minimum absolute atomic E-state index is 0.711. The van der Waals surface area contributed by atoms with E-state index in [1.54, 1.807) is 0 Å². The van der Waals surface area contributed by atoms with Gasteiger partial charge in [0.1, 0.15) is 0 Å². The Balaban J connectivity index is 1.91. The molecule has 0 saturated heterocycles. The van der Waals surface area contributed by atoms with Crippen molar-refractivity contribution >= 4 is 26.5 Å². The second-order valence-corrected chi connectivity index (χ2v) is 5.57. The van der Waals surface area contributed by atoms with Crippen LogP contribution in [0.5, 0.6) is 0 Å². The van der Waals surface area contributed by atoms with Crippen LogP contribution in [0.3, 0.4) is 0 Å². The van der Waals surface area contributed by atoms with Crippen LogP contribution in [0, 0.1) is 6.92 Å². The van der Waals surface area contributed by atoms with Crippen LogP contribution in [0.2, 0.25) is 0 Å². The molecule has 0 bridgehead atoms. The van der Waals surface area contributed by atoms with Gasteiger partial charge < -0.3 is 0 Å². The standard InChI is InChI=1S/C18H21N2P/c1-14-7-3-5-9-17(14)15(2)20-12-11-19-13-16-8-4-6-10-18(16)21/h3-10,13H,11-12,21H2,1-2H3. The molecule has 0 spiro atoms. The third-order valence-corrected chi connectivity index (χ3v) is 3.87. The summed E-state index contributed by atoms with van der Waals surface area (Å²) < 4.78 is 0. The maximum atomic E-state index is 4.61. The molecular weight excluding hydrogens is 275 g/mol. The predicted octanol–water partition coefficient (Wildman–Crippen LogP) is 3.42. The first kappa shape index (κ1) is 15.6. The summed E-state index contributed by atoms with van der Waals surface area (Å²) in [4.78, 5) is 9.05. The van der Waals surface area contributed by atoms with Crippen molar-refractivity contribution < 1.29 is 0 Å². The number of rotatable bonds is 5. The summed E-state index contributed by atoms with van der Waals surface area (Å²) in [5.74, 6) is 0. The van der Waals surface area contributed by atoms with E-state index >= 15 is 0 Å². The van der Waals surface area contributed by atoms with Gasteiger partial charge in [-0.15, -0.1) is 9.24 Å². The summed E-state index contributed by atoms with van der Waals surface area (Å²) >= 11 is 0. The normalized spacial score (nSPS) is 12.0. The van der Waals surface area contributed by atoms with Crippen molar-refractivity contribution in [1.82, 2.24) is 0 Å². The molecule has 1 atom stereocenters. The fourth-order valence-electron chi connectivity index (χ4n) is 2.13. The summed E-state index contributed by atoms with van der Waals surface area (Å²) in [7, 11) is 2.73. The number of nitrogens with zero attached hydrogens (tertiary/aromatic N) is 2. The van der Waals surface area contributed by atoms with Crippen LogP contribution < -0.4 is 5.30 Å². The highest BCUT2D eigenvalue weighted by Gasteiger charge is 1.99. The highest BCUT2D eigenvalue weighted by Crippen LogP contribution is 2.08. The first-order chi connectivity index (χ1) is 10.2. The summed E-state index contributed by atoms with van der Waals surface area (Å²) in [5, 5.41) is 1.17. The molecule has 0 heterocycles. The molecule has 2 nitrogen and oxygen atoms in total. The van der Waals surface area contributed by atoms with Gasteiger partial charge in [-0.25, -0.2) is 0 Å². The van der Waals surface area contributed by atoms with Crippen molar-refractivity contribution in [3.63, 3.8) is 0 Å². The van der Waals surface area contributed by atoms with Gasteiger partial charge in [-0.2, -0.15) is 0 Å². The lowest BCUT2D eigenvalue weighted by Crippen LogP contribution is -2.02. The summed E-state index contributed by atoms with van der Waals surface area (Å²) in [5.41, 5.74) is 4.70. The average molecular weight is 296 g/mol. The smallest absolute Gasteiger partial charge is 0.0588 e. The molecule has 0 aliphatic heterocycles. The molecule has 0 fully saturated rings. The molecule has 0 N–H and O–H groups in total. The molecule has 1 unspecified atom stereocenters. The second kappa shape index (κ2) is 7.85. The van der Waals surface area contributed by atoms with E-state index in [2.05, 4.69) is 69.5 Å². The zero-order valence-corrected chi connectivity index (χ0v) is 13.7. The van der Waals surface area contributed by atoms with Gasteiger partial charge >= 0.3 is 0 Å². The molecule has 3 heteroatoms. The number of aryl methyl sites for hydroxylation is 1. The second-order valence-electron chi connectivity index (χ2n) is 4.95. The SMILES string of the molecule is CC(=NCCN=Cc1ccccc1P)c1ccccc1C. The fourth-order valence-corrected chi connectivity index (χ4v) is 2.41. The van der Waals surface area contributed by atoms with Crippen molar-refractivity contribution in [2.75, 3.05) is 13.1 Å². The Hall–Kier alpha value is -1.79. The number of aliphatic imine (C=N–C) groups is 2. The molecule has 0 radical (unpaired) electrons. The van der Waals surface area contributed by atoms with E-state index in [0.29, 0.717) is 6.54 Å². The molecular formula is C18H21N2P. The van der Waals surface area contributed by atoms with Crippen molar-refractivity contribution in [2.24, 2.45) is 9.98 Å². The topological polar surface area (TPSA) is 24.7 Å². The van der Waals surface area contributed by atoms with Gasteiger partial charge in [-0.1, -0.05) is 48.5 Å². The van der Waals surface area contributed by atoms with E-state index in [9.17, 15) is 0 Å². The molecule has 0 aliphatic carbocycles. The molecule has 0 saturated carbocycles. The van der Waals surface area contributed by atoms with Gasteiger partial charge in [0.15, 0.2) is 0 Å². The Bertz CT molecular complexity index is 660. The summed E-state index contributed by atoms with van der Waals surface area (Å²) in [6, 6.07) is 16.5. The Morgan fingerprint density at radius 2 is 1.76 bits per heavy atom. The first-order valence-electron chi connectivity index (χ1n) is 7.10. The van der Waals surface area contributed by atoms with Gasteiger partial charge in [-0.05, 0) is 35.8 Å². The minimum atomic E-state index is 0.711. The number of hydrogen-bond acceptors (Lipinski definition) is 2. The van der Waals surface area contributed by atoms with Crippen LogP contribution in [0.4, 0.5) is 0 Å². The third kappa shape index (κ3) is 4.61. The van der Waals surface area contributed by atoms with Gasteiger partial charge in [0, 0.05) is 11.9 Å². The van der Waals surface area contributed by atoms with Gasteiger partial charge in [0.05, 0.1) is 13.1 Å². The fraction of sp³-hybridized carbons (Fsp3) is 0.222. The number of hydrogen-bond donors (Lipinski definition) is 0. The van der Waals surface area contributed by atoms with E-state index in [-0.39, 0.29) is 0 Å². The molecule has 2 aromatic rings. The van der Waals surface area contributed by atoms with E-state index in [1.807, 2.05) is 18.3 Å². The third-order valence-electron chi connectivity index (χ3n) is 3.34. The lowest BCUT2D eigenvalue weighted by molar-refractivity contribution is 0.978. The van der Waals surface area contributed by atoms with Crippen LogP contribution >= 0.6 is 9.24 Å². The summed E-state index contributed by atoms with van der Waals surface area (Å²) in [6.45, 7) is 5.60. The molecule has 2 rings (SSSR count). The highest BCUT2D eigenvalue weighted by molar-refractivity contribution is 7.27. The van der Waals surface area contributed by atoms with E-state index in [4.69, 9.17) is 0 Å². The molecule has 108 valence electrons. The highest BCUT2D eigenvalue weighted by atomic mass is 31.0. The lowest BCUT2D eigenvalue weighted by atomic mass is 10.1. The largest absolute Gasteiger partial charge is 0.291 e. The summed E-state index contributed by atoms with van der Waals surface area (Å²) in [6.07, 6.45) is 1.92. The van der Waals surface area contributed by atoms with Crippen molar-refractivity contribution in [3.05, 3.63) is 65.2 Å². The van der Waals surface area contributed by atoms with Gasteiger partial charge in [0.2, 0.25) is 0 Å². The lowest BCUT2D eigenvalue weighted by Gasteiger charge is -2.04. The van der Waals surface area contributed by atoms with Crippen molar-refractivity contribution in [2.45, 2.75) is 13.8 Å². The van der Waals surface area contributed by atoms with Crippen molar-refractivity contribution in [3.8, 4) is 0 Å². The Morgan fingerprint density at radius 3 is 2.52 bits per heavy atom. The zero-order valence-electron chi connectivity index (χ0n) is 12.6. The van der Waals surface area contributed by atoms with Crippen LogP contribution in [0.25, 0.3) is 0 Å². The minimum Gasteiger partial charge on any atom is -0.291 e. The predicted molar refractivity (Wildman–Crippen MR) is 96.5 cm³/mol. The van der Waals surface area contributed by atoms with Crippen LogP contribution in [-0.4, -0.2) is 25.0 Å². The molecule has 0 aromatic heterocycles. The molecule has 0 amide bonds. The Kier molecular flexibility index (Phi) is 5.83. The maximum absolute atomic E-state index is 4.61. The number of benzene rings is 2. The van der Waals surface area contributed by atoms with Gasteiger partial charge in [-0.3, -0.25) is 9.98 Å². The Labute approximate surface area is 129 Å². The van der Waals surface area contributed by atoms with Crippen LogP contribution in [-0.2, 0) is 0 Å².